The monoisotopic (exact) mass is 240 g/mol. The molecular weight excluding hydrogens is 216 g/mol. The van der Waals surface area contributed by atoms with Crippen LogP contribution in [0.15, 0.2) is 0 Å². The summed E-state index contributed by atoms with van der Waals surface area (Å²) >= 11 is 0. The van der Waals surface area contributed by atoms with Gasteiger partial charge in [0.2, 0.25) is 0 Å². The van der Waals surface area contributed by atoms with Crippen LogP contribution in [-0.2, 0) is 4.74 Å². The van der Waals surface area contributed by atoms with E-state index in [1.807, 2.05) is 20.8 Å². The summed E-state index contributed by atoms with van der Waals surface area (Å²) in [4.78, 5) is 11.7. The van der Waals surface area contributed by atoms with Gasteiger partial charge in [0, 0.05) is 18.6 Å². The third kappa shape index (κ3) is 3.87. The summed E-state index contributed by atoms with van der Waals surface area (Å²) < 4.78 is 5.28. The van der Waals surface area contributed by atoms with Crippen molar-refractivity contribution in [3.8, 4) is 0 Å². The standard InChI is InChI=1S/C13H24N2O2/c1-13(2,3)17-12(16)15-11-7-9-4-5-10(6-9)14-8-11/h9-11,14H,4-8H2,1-3H3,(H,15,16)/t9-,10+,11?/m1/s1. The van der Waals surface area contributed by atoms with Crippen LogP contribution >= 0.6 is 0 Å². The summed E-state index contributed by atoms with van der Waals surface area (Å²) in [7, 11) is 0. The number of ether oxygens (including phenoxy) is 1. The van der Waals surface area contributed by atoms with Gasteiger partial charge in [0.05, 0.1) is 0 Å². The van der Waals surface area contributed by atoms with Crippen LogP contribution in [0.2, 0.25) is 0 Å². The zero-order valence-electron chi connectivity index (χ0n) is 11.1. The molecule has 2 fully saturated rings. The van der Waals surface area contributed by atoms with Crippen LogP contribution in [0.1, 0.15) is 46.5 Å². The fourth-order valence-electron chi connectivity index (χ4n) is 2.85. The van der Waals surface area contributed by atoms with Gasteiger partial charge in [-0.15, -0.1) is 0 Å². The molecule has 0 spiro atoms. The zero-order chi connectivity index (χ0) is 12.5. The number of carbonyl (C=O) groups is 1. The summed E-state index contributed by atoms with van der Waals surface area (Å²) in [6.07, 6.45) is 4.66. The Balaban J connectivity index is 1.81. The first-order chi connectivity index (χ1) is 7.92. The molecule has 4 nitrogen and oxygen atoms in total. The average molecular weight is 240 g/mol. The maximum atomic E-state index is 11.7. The highest BCUT2D eigenvalue weighted by Crippen LogP contribution is 2.31. The van der Waals surface area contributed by atoms with Gasteiger partial charge in [-0.05, 0) is 52.4 Å². The smallest absolute Gasteiger partial charge is 0.407 e. The molecule has 0 radical (unpaired) electrons. The Kier molecular flexibility index (Phi) is 3.61. The summed E-state index contributed by atoms with van der Waals surface area (Å²) in [5.74, 6) is 0.773. The maximum absolute atomic E-state index is 11.7. The second-order valence-electron chi connectivity index (χ2n) is 6.36. The highest BCUT2D eigenvalue weighted by molar-refractivity contribution is 5.68. The average Bonchev–Trinajstić information content (AvgIpc) is 2.48. The van der Waals surface area contributed by atoms with E-state index in [1.165, 1.54) is 19.3 Å². The zero-order valence-corrected chi connectivity index (χ0v) is 11.1. The number of carbonyl (C=O) groups excluding carboxylic acids is 1. The van der Waals surface area contributed by atoms with Crippen LogP contribution in [-0.4, -0.2) is 30.3 Å². The summed E-state index contributed by atoms with van der Waals surface area (Å²) in [6, 6.07) is 0.894. The van der Waals surface area contributed by atoms with Crippen LogP contribution < -0.4 is 10.6 Å². The number of hydrogen-bond acceptors (Lipinski definition) is 3. The minimum atomic E-state index is -0.415. The molecule has 4 heteroatoms. The minimum Gasteiger partial charge on any atom is -0.444 e. The lowest BCUT2D eigenvalue weighted by Gasteiger charge is -2.25. The van der Waals surface area contributed by atoms with Crippen molar-refractivity contribution in [1.29, 1.82) is 0 Å². The number of rotatable bonds is 1. The lowest BCUT2D eigenvalue weighted by atomic mass is 9.99. The Morgan fingerprint density at radius 2 is 2.06 bits per heavy atom. The van der Waals surface area contributed by atoms with E-state index in [2.05, 4.69) is 10.6 Å². The summed E-state index contributed by atoms with van der Waals surface area (Å²) in [5.41, 5.74) is -0.415. The summed E-state index contributed by atoms with van der Waals surface area (Å²) in [5, 5.41) is 6.50. The molecule has 1 heterocycles. The largest absolute Gasteiger partial charge is 0.444 e. The van der Waals surface area contributed by atoms with Gasteiger partial charge in [-0.3, -0.25) is 0 Å². The van der Waals surface area contributed by atoms with E-state index in [0.29, 0.717) is 6.04 Å². The first kappa shape index (κ1) is 12.7. The lowest BCUT2D eigenvalue weighted by Crippen LogP contribution is -2.45. The van der Waals surface area contributed by atoms with Crippen molar-refractivity contribution >= 4 is 6.09 Å². The molecule has 0 aromatic heterocycles. The molecule has 1 saturated heterocycles. The molecule has 17 heavy (non-hydrogen) atoms. The van der Waals surface area contributed by atoms with Crippen molar-refractivity contribution in [3.05, 3.63) is 0 Å². The fraction of sp³-hybridized carbons (Fsp3) is 0.923. The van der Waals surface area contributed by atoms with E-state index in [0.717, 1.165) is 18.9 Å². The molecule has 2 rings (SSSR count). The van der Waals surface area contributed by atoms with Crippen LogP contribution in [0.5, 0.6) is 0 Å². The predicted molar refractivity (Wildman–Crippen MR) is 66.9 cm³/mol. The van der Waals surface area contributed by atoms with E-state index in [9.17, 15) is 4.79 Å². The van der Waals surface area contributed by atoms with E-state index in [4.69, 9.17) is 4.74 Å². The Labute approximate surface area is 103 Å². The van der Waals surface area contributed by atoms with Crippen molar-refractivity contribution in [2.45, 2.75) is 64.1 Å². The number of nitrogens with one attached hydrogen (secondary N) is 2. The van der Waals surface area contributed by atoms with Crippen molar-refractivity contribution in [2.75, 3.05) is 6.54 Å². The van der Waals surface area contributed by atoms with E-state index < -0.39 is 5.60 Å². The molecule has 0 aromatic rings. The van der Waals surface area contributed by atoms with E-state index in [-0.39, 0.29) is 12.1 Å². The quantitative estimate of drug-likeness (QED) is 0.737. The van der Waals surface area contributed by atoms with Crippen molar-refractivity contribution in [2.24, 2.45) is 5.92 Å². The molecule has 1 amide bonds. The molecule has 1 aliphatic carbocycles. The van der Waals surface area contributed by atoms with Crippen LogP contribution in [0.3, 0.4) is 0 Å². The molecule has 2 aliphatic rings. The van der Waals surface area contributed by atoms with Crippen LogP contribution in [0, 0.1) is 5.92 Å². The Hall–Kier alpha value is -0.770. The van der Waals surface area contributed by atoms with Gasteiger partial charge in [-0.2, -0.15) is 0 Å². The molecule has 1 saturated carbocycles. The maximum Gasteiger partial charge on any atom is 0.407 e. The lowest BCUT2D eigenvalue weighted by molar-refractivity contribution is 0.0498. The van der Waals surface area contributed by atoms with Gasteiger partial charge in [0.15, 0.2) is 0 Å². The van der Waals surface area contributed by atoms with Gasteiger partial charge < -0.3 is 15.4 Å². The molecular formula is C13H24N2O2. The minimum absolute atomic E-state index is 0.222. The Morgan fingerprint density at radius 1 is 1.29 bits per heavy atom. The molecule has 98 valence electrons. The Bertz CT molecular complexity index is 286. The third-order valence-corrected chi connectivity index (χ3v) is 3.53. The molecule has 1 aliphatic heterocycles. The van der Waals surface area contributed by atoms with Crippen LogP contribution in [0.4, 0.5) is 4.79 Å². The van der Waals surface area contributed by atoms with Crippen molar-refractivity contribution in [3.63, 3.8) is 0 Å². The third-order valence-electron chi connectivity index (χ3n) is 3.53. The molecule has 3 atom stereocenters. The molecule has 2 N–H and O–H groups in total. The first-order valence-corrected chi connectivity index (χ1v) is 6.65. The van der Waals surface area contributed by atoms with Gasteiger partial charge in [0.1, 0.15) is 5.60 Å². The van der Waals surface area contributed by atoms with Gasteiger partial charge in [-0.25, -0.2) is 4.79 Å². The number of fused-ring (bicyclic) bond motifs is 2. The SMILES string of the molecule is CC(C)(C)OC(=O)NC1CN[C@H]2CC[C@@H](C1)C2. The molecule has 0 aromatic carbocycles. The second kappa shape index (κ2) is 4.84. The highest BCUT2D eigenvalue weighted by Gasteiger charge is 2.31. The van der Waals surface area contributed by atoms with Gasteiger partial charge in [0.25, 0.3) is 0 Å². The highest BCUT2D eigenvalue weighted by atomic mass is 16.6. The topological polar surface area (TPSA) is 50.4 Å². The number of hydrogen-bond donors (Lipinski definition) is 2. The molecule has 1 unspecified atom stereocenters. The van der Waals surface area contributed by atoms with E-state index in [1.54, 1.807) is 0 Å². The first-order valence-electron chi connectivity index (χ1n) is 6.65. The Morgan fingerprint density at radius 3 is 2.76 bits per heavy atom. The number of alkyl carbamates (subject to hydrolysis) is 1. The van der Waals surface area contributed by atoms with Gasteiger partial charge in [-0.1, -0.05) is 0 Å². The summed E-state index contributed by atoms with van der Waals surface area (Å²) in [6.45, 7) is 6.54. The number of amides is 1. The molecule has 2 bridgehead atoms. The van der Waals surface area contributed by atoms with Crippen LogP contribution in [0.25, 0.3) is 0 Å². The van der Waals surface area contributed by atoms with E-state index >= 15 is 0 Å². The second-order valence-corrected chi connectivity index (χ2v) is 6.36. The van der Waals surface area contributed by atoms with Crippen molar-refractivity contribution < 1.29 is 9.53 Å². The normalized spacial score (nSPS) is 33.0. The predicted octanol–water partition coefficient (Wildman–Crippen LogP) is 2.04. The van der Waals surface area contributed by atoms with Gasteiger partial charge >= 0.3 is 6.09 Å². The fourth-order valence-corrected chi connectivity index (χ4v) is 2.85. The van der Waals surface area contributed by atoms with Crippen molar-refractivity contribution in [1.82, 2.24) is 10.6 Å².